The molecule has 0 aliphatic carbocycles. The molecule has 240 valence electrons. The van der Waals surface area contributed by atoms with Crippen LogP contribution in [0, 0.1) is 11.6 Å². The highest BCUT2D eigenvalue weighted by molar-refractivity contribution is 6.36. The smallest absolute Gasteiger partial charge is 0.319 e. The molecule has 1 unspecified atom stereocenters. The Morgan fingerprint density at radius 2 is 2.04 bits per heavy atom. The van der Waals surface area contributed by atoms with E-state index in [0.717, 1.165) is 25.5 Å². The third-order valence-electron chi connectivity index (χ3n) is 9.38. The van der Waals surface area contributed by atoms with Gasteiger partial charge in [-0.2, -0.15) is 9.97 Å². The van der Waals surface area contributed by atoms with Gasteiger partial charge in [-0.3, -0.25) is 14.7 Å². The molecule has 8 nitrogen and oxygen atoms in total. The molecular formula is C33H31ClF4N6O2. The number of hydrogen-bond acceptors (Lipinski definition) is 7. The van der Waals surface area contributed by atoms with Gasteiger partial charge in [0.1, 0.15) is 35.6 Å². The summed E-state index contributed by atoms with van der Waals surface area (Å²) in [7, 11) is 1.60. The van der Waals surface area contributed by atoms with Crippen LogP contribution in [0.5, 0.6) is 6.01 Å². The molecule has 3 fully saturated rings. The molecule has 0 radical (unpaired) electrons. The van der Waals surface area contributed by atoms with E-state index in [4.69, 9.17) is 16.3 Å². The van der Waals surface area contributed by atoms with Crippen LogP contribution in [0.15, 0.2) is 49.2 Å². The van der Waals surface area contributed by atoms with Crippen molar-refractivity contribution in [2.24, 2.45) is 0 Å². The summed E-state index contributed by atoms with van der Waals surface area (Å²) in [5.74, 6) is -1.67. The summed E-state index contributed by atoms with van der Waals surface area (Å²) in [4.78, 5) is 30.3. The van der Waals surface area contributed by atoms with Crippen LogP contribution < -0.4 is 9.64 Å². The Morgan fingerprint density at radius 1 is 1.24 bits per heavy atom. The molecule has 3 aliphatic rings. The number of carbonyl (C=O) groups is 1. The van der Waals surface area contributed by atoms with Gasteiger partial charge in [-0.1, -0.05) is 42.4 Å². The molecular weight excluding hydrogens is 624 g/mol. The Morgan fingerprint density at radius 3 is 2.83 bits per heavy atom. The molecule has 13 heteroatoms. The first-order valence-corrected chi connectivity index (χ1v) is 15.5. The first-order chi connectivity index (χ1) is 22.0. The van der Waals surface area contributed by atoms with Crippen LogP contribution >= 0.6 is 11.6 Å². The number of likely N-dealkylation sites (tertiary alicyclic amines) is 1. The van der Waals surface area contributed by atoms with E-state index in [1.807, 2.05) is 0 Å². The van der Waals surface area contributed by atoms with Gasteiger partial charge in [-0.25, -0.2) is 17.6 Å². The van der Waals surface area contributed by atoms with Gasteiger partial charge in [-0.15, -0.1) is 0 Å². The Hall–Kier alpha value is -4.03. The predicted molar refractivity (Wildman–Crippen MR) is 168 cm³/mol. The lowest BCUT2D eigenvalue weighted by Crippen LogP contribution is -2.64. The van der Waals surface area contributed by atoms with Gasteiger partial charge in [0.25, 0.3) is 0 Å². The summed E-state index contributed by atoms with van der Waals surface area (Å²) < 4.78 is 67.3. The first-order valence-electron chi connectivity index (χ1n) is 15.1. The van der Waals surface area contributed by atoms with Gasteiger partial charge in [0.15, 0.2) is 11.5 Å². The van der Waals surface area contributed by atoms with Crippen LogP contribution in [0.2, 0.25) is 5.02 Å². The van der Waals surface area contributed by atoms with Crippen LogP contribution in [-0.4, -0.2) is 94.4 Å². The Bertz CT molecular complexity index is 1890. The molecule has 46 heavy (non-hydrogen) atoms. The maximum absolute atomic E-state index is 16.6. The fourth-order valence-corrected chi connectivity index (χ4v) is 7.52. The molecule has 2 aromatic carbocycles. The molecule has 3 aliphatic heterocycles. The Kier molecular flexibility index (Phi) is 7.55. The van der Waals surface area contributed by atoms with Gasteiger partial charge in [0, 0.05) is 37.2 Å². The average molecular weight is 655 g/mol. The highest BCUT2D eigenvalue weighted by Crippen LogP contribution is 2.42. The van der Waals surface area contributed by atoms with E-state index in [9.17, 15) is 13.6 Å². The number of pyridine rings is 1. The van der Waals surface area contributed by atoms with E-state index < -0.39 is 29.0 Å². The zero-order valence-electron chi connectivity index (χ0n) is 25.1. The van der Waals surface area contributed by atoms with Crippen molar-refractivity contribution in [3.05, 3.63) is 65.8 Å². The molecule has 0 spiro atoms. The largest absolute Gasteiger partial charge is 0.461 e. The number of carbonyl (C=O) groups excluding carboxylic acids is 1. The molecule has 3 saturated heterocycles. The zero-order valence-corrected chi connectivity index (χ0v) is 25.8. The summed E-state index contributed by atoms with van der Waals surface area (Å²) >= 11 is 6.35. The minimum atomic E-state index is -1.75. The maximum Gasteiger partial charge on any atom is 0.319 e. The second-order valence-corrected chi connectivity index (χ2v) is 12.9. The molecule has 2 aromatic heterocycles. The van der Waals surface area contributed by atoms with Crippen LogP contribution in [0.4, 0.5) is 23.4 Å². The van der Waals surface area contributed by atoms with E-state index in [1.54, 1.807) is 31.3 Å². The molecule has 0 saturated carbocycles. The van der Waals surface area contributed by atoms with Crippen LogP contribution in [0.1, 0.15) is 19.3 Å². The number of amides is 1. The number of halogens is 5. The minimum Gasteiger partial charge on any atom is -0.461 e. The van der Waals surface area contributed by atoms with Crippen molar-refractivity contribution in [2.75, 3.05) is 51.3 Å². The van der Waals surface area contributed by atoms with E-state index in [-0.39, 0.29) is 71.2 Å². The molecule has 7 rings (SSSR count). The van der Waals surface area contributed by atoms with Gasteiger partial charge in [0.2, 0.25) is 5.91 Å². The van der Waals surface area contributed by atoms with Crippen molar-refractivity contribution in [3.8, 4) is 17.3 Å². The van der Waals surface area contributed by atoms with E-state index in [1.165, 1.54) is 22.1 Å². The third-order valence-corrected chi connectivity index (χ3v) is 9.75. The van der Waals surface area contributed by atoms with Crippen LogP contribution in [0.25, 0.3) is 32.9 Å². The fraction of sp³-hybridized carbons (Fsp3) is 0.394. The lowest BCUT2D eigenvalue weighted by Gasteiger charge is -2.45. The van der Waals surface area contributed by atoms with E-state index in [0.29, 0.717) is 23.7 Å². The van der Waals surface area contributed by atoms with Crippen molar-refractivity contribution < 1.29 is 27.1 Å². The number of aromatic nitrogens is 3. The van der Waals surface area contributed by atoms with E-state index >= 15 is 8.78 Å². The van der Waals surface area contributed by atoms with Crippen LogP contribution in [-0.2, 0) is 4.79 Å². The molecule has 4 aromatic rings. The maximum atomic E-state index is 16.6. The van der Waals surface area contributed by atoms with Crippen molar-refractivity contribution in [3.63, 3.8) is 0 Å². The predicted octanol–water partition coefficient (Wildman–Crippen LogP) is 5.90. The van der Waals surface area contributed by atoms with Gasteiger partial charge < -0.3 is 14.5 Å². The standard InChI is InChI=1S/C33H31ClF4N6O2/c1-3-24(45)43-16-32(38,17-43)15-42(2)30-22-13-39-28(21-7-4-6-19-8-9-23(36)26(34)25(19)21)27(37)29(22)40-31(41-30)46-18-33-10-5-11-44(33)14-20(35)12-33/h3-4,6-9,13,20H,1,5,10-12,14-18H2,2H3/t20-,33?/m1/s1. The number of ether oxygens (including phenoxy) is 1. The summed E-state index contributed by atoms with van der Waals surface area (Å²) in [5.41, 5.74) is -2.24. The summed E-state index contributed by atoms with van der Waals surface area (Å²) in [6, 6.07) is 7.66. The molecule has 2 atom stereocenters. The quantitative estimate of drug-likeness (QED) is 0.173. The lowest BCUT2D eigenvalue weighted by atomic mass is 9.95. The Balaban J connectivity index is 1.30. The topological polar surface area (TPSA) is 74.7 Å². The number of fused-ring (bicyclic) bond motifs is 3. The Labute approximate surface area is 267 Å². The normalized spacial score (nSPS) is 22.2. The summed E-state index contributed by atoms with van der Waals surface area (Å²) in [5, 5.41) is 0.921. The molecule has 0 bridgehead atoms. The average Bonchev–Trinajstić information content (AvgIpc) is 3.55. The summed E-state index contributed by atoms with van der Waals surface area (Å²) in [6.45, 7) is 4.22. The number of benzene rings is 2. The second kappa shape index (κ2) is 11.3. The number of nitrogens with zero attached hydrogens (tertiary/aromatic N) is 6. The monoisotopic (exact) mass is 654 g/mol. The van der Waals surface area contributed by atoms with Crippen molar-refractivity contribution in [1.82, 2.24) is 24.8 Å². The van der Waals surface area contributed by atoms with Crippen molar-refractivity contribution in [2.45, 2.75) is 36.6 Å². The molecule has 0 N–H and O–H groups in total. The number of rotatable bonds is 8. The second-order valence-electron chi connectivity index (χ2n) is 12.5. The highest BCUT2D eigenvalue weighted by atomic mass is 35.5. The van der Waals surface area contributed by atoms with Gasteiger partial charge in [-0.05, 0) is 36.9 Å². The fourth-order valence-electron chi connectivity index (χ4n) is 7.24. The molecule has 1 amide bonds. The minimum absolute atomic E-state index is 0.103. The van der Waals surface area contributed by atoms with Gasteiger partial charge in [0.05, 0.1) is 35.6 Å². The van der Waals surface area contributed by atoms with Crippen molar-refractivity contribution >= 4 is 45.0 Å². The van der Waals surface area contributed by atoms with Gasteiger partial charge >= 0.3 is 6.01 Å². The highest BCUT2D eigenvalue weighted by Gasteiger charge is 2.50. The van der Waals surface area contributed by atoms with Crippen LogP contribution in [0.3, 0.4) is 0 Å². The number of alkyl halides is 2. The zero-order chi connectivity index (χ0) is 32.4. The molecule has 5 heterocycles. The SMILES string of the molecule is C=CC(=O)N1CC(F)(CN(C)c2nc(OCC34CCCN3C[C@H](F)C4)nc3c(F)c(-c4cccc5ccc(F)c(Cl)c45)ncc23)C1. The van der Waals surface area contributed by atoms with E-state index in [2.05, 4.69) is 26.4 Å². The number of anilines is 1. The van der Waals surface area contributed by atoms with Crippen molar-refractivity contribution in [1.29, 1.82) is 0 Å². The summed E-state index contributed by atoms with van der Waals surface area (Å²) in [6.07, 6.45) is 3.52. The number of hydrogen-bond donors (Lipinski definition) is 0. The first kappa shape index (κ1) is 30.6. The third kappa shape index (κ3) is 5.11. The lowest BCUT2D eigenvalue weighted by molar-refractivity contribution is -0.139.